The SMILES string of the molecule is COc1ccc(C=C(C#N)C(=O)Nc2ccc([N+](=O)[O-])cc2C(F)(F)F)cc1. The van der Waals surface area contributed by atoms with Crippen molar-refractivity contribution in [3.63, 3.8) is 0 Å². The van der Waals surface area contributed by atoms with E-state index in [1.807, 2.05) is 5.32 Å². The van der Waals surface area contributed by atoms with Gasteiger partial charge in [-0.1, -0.05) is 12.1 Å². The molecule has 0 spiro atoms. The maximum atomic E-state index is 13.2. The standard InChI is InChI=1S/C18H12F3N3O4/c1-28-14-5-2-11(3-6-14)8-12(10-22)17(25)23-16-7-4-13(24(26)27)9-15(16)18(19,20)21/h2-9H,1H3,(H,23,25). The quantitative estimate of drug-likeness (QED) is 0.356. The normalized spacial score (nSPS) is 11.5. The van der Waals surface area contributed by atoms with Gasteiger partial charge in [-0.25, -0.2) is 0 Å². The summed E-state index contributed by atoms with van der Waals surface area (Å²) in [5.74, 6) is -0.543. The number of carbonyl (C=O) groups excluding carboxylic acids is 1. The molecule has 0 aromatic heterocycles. The first-order valence-electron chi connectivity index (χ1n) is 7.58. The first-order chi connectivity index (χ1) is 13.2. The number of amides is 1. The van der Waals surface area contributed by atoms with Crippen molar-refractivity contribution in [1.82, 2.24) is 0 Å². The van der Waals surface area contributed by atoms with Crippen LogP contribution in [0.4, 0.5) is 24.5 Å². The third-order valence-corrected chi connectivity index (χ3v) is 3.56. The lowest BCUT2D eigenvalue weighted by Gasteiger charge is -2.13. The average molecular weight is 391 g/mol. The van der Waals surface area contributed by atoms with Crippen molar-refractivity contribution in [2.75, 3.05) is 12.4 Å². The van der Waals surface area contributed by atoms with Gasteiger partial charge in [0.2, 0.25) is 0 Å². The van der Waals surface area contributed by atoms with Crippen molar-refractivity contribution in [3.8, 4) is 11.8 Å². The molecular weight excluding hydrogens is 379 g/mol. The van der Waals surface area contributed by atoms with Crippen LogP contribution in [0.2, 0.25) is 0 Å². The van der Waals surface area contributed by atoms with Crippen molar-refractivity contribution >= 4 is 23.4 Å². The molecule has 0 saturated heterocycles. The Hall–Kier alpha value is -3.87. The Morgan fingerprint density at radius 1 is 1.25 bits per heavy atom. The van der Waals surface area contributed by atoms with Crippen LogP contribution in [0.1, 0.15) is 11.1 Å². The Kier molecular flexibility index (Phi) is 6.00. The van der Waals surface area contributed by atoms with Gasteiger partial charge in [0.1, 0.15) is 17.4 Å². The van der Waals surface area contributed by atoms with Gasteiger partial charge in [-0.05, 0) is 29.8 Å². The van der Waals surface area contributed by atoms with Crippen LogP contribution in [-0.2, 0) is 11.0 Å². The highest BCUT2D eigenvalue weighted by atomic mass is 19.4. The van der Waals surface area contributed by atoms with Gasteiger partial charge in [0.05, 0.1) is 23.3 Å². The summed E-state index contributed by atoms with van der Waals surface area (Å²) < 4.78 is 44.5. The third-order valence-electron chi connectivity index (χ3n) is 3.56. The number of nitrogens with zero attached hydrogens (tertiary/aromatic N) is 2. The second kappa shape index (κ2) is 8.22. The van der Waals surface area contributed by atoms with Gasteiger partial charge >= 0.3 is 6.18 Å². The van der Waals surface area contributed by atoms with Crippen LogP contribution in [0.3, 0.4) is 0 Å². The largest absolute Gasteiger partial charge is 0.497 e. The fourth-order valence-corrected chi connectivity index (χ4v) is 2.19. The Labute approximate surface area is 156 Å². The molecule has 0 aliphatic rings. The average Bonchev–Trinajstić information content (AvgIpc) is 2.65. The van der Waals surface area contributed by atoms with Crippen LogP contribution < -0.4 is 10.1 Å². The number of hydrogen-bond donors (Lipinski definition) is 1. The lowest BCUT2D eigenvalue weighted by atomic mass is 10.1. The molecular formula is C18H12F3N3O4. The summed E-state index contributed by atoms with van der Waals surface area (Å²) >= 11 is 0. The molecule has 0 aliphatic heterocycles. The molecule has 28 heavy (non-hydrogen) atoms. The zero-order valence-electron chi connectivity index (χ0n) is 14.3. The van der Waals surface area contributed by atoms with Gasteiger partial charge in [0.15, 0.2) is 0 Å². The number of benzene rings is 2. The second-order valence-electron chi connectivity index (χ2n) is 5.38. The number of carbonyl (C=O) groups is 1. The van der Waals surface area contributed by atoms with E-state index < -0.39 is 39.5 Å². The Morgan fingerprint density at radius 2 is 1.89 bits per heavy atom. The summed E-state index contributed by atoms with van der Waals surface area (Å²) in [4.78, 5) is 22.0. The van der Waals surface area contributed by atoms with Gasteiger partial charge < -0.3 is 10.1 Å². The minimum absolute atomic E-state index is 0.314. The number of hydrogen-bond acceptors (Lipinski definition) is 5. The minimum Gasteiger partial charge on any atom is -0.497 e. The molecule has 2 rings (SSSR count). The summed E-state index contributed by atoms with van der Waals surface area (Å²) in [6.07, 6.45) is -3.76. The number of nitrogens with one attached hydrogen (secondary N) is 1. The number of rotatable bonds is 5. The number of non-ortho nitro benzene ring substituents is 1. The van der Waals surface area contributed by atoms with Crippen LogP contribution in [0.25, 0.3) is 6.08 Å². The summed E-state index contributed by atoms with van der Waals surface area (Å²) in [5.41, 5.74) is -2.86. The molecule has 0 heterocycles. The van der Waals surface area contributed by atoms with Gasteiger partial charge in [-0.3, -0.25) is 14.9 Å². The molecule has 10 heteroatoms. The van der Waals surface area contributed by atoms with E-state index in [1.54, 1.807) is 30.3 Å². The zero-order chi connectivity index (χ0) is 20.9. The molecule has 144 valence electrons. The Bertz CT molecular complexity index is 977. The summed E-state index contributed by atoms with van der Waals surface area (Å²) in [6.45, 7) is 0. The maximum Gasteiger partial charge on any atom is 0.418 e. The smallest absolute Gasteiger partial charge is 0.418 e. The van der Waals surface area contributed by atoms with E-state index in [1.165, 1.54) is 13.2 Å². The van der Waals surface area contributed by atoms with Crippen LogP contribution in [0.15, 0.2) is 48.0 Å². The molecule has 0 fully saturated rings. The van der Waals surface area contributed by atoms with E-state index in [0.29, 0.717) is 17.4 Å². The van der Waals surface area contributed by atoms with Crippen molar-refractivity contribution in [3.05, 3.63) is 69.3 Å². The van der Waals surface area contributed by atoms with E-state index >= 15 is 0 Å². The molecule has 0 aliphatic carbocycles. The van der Waals surface area contributed by atoms with Gasteiger partial charge in [-0.15, -0.1) is 0 Å². The van der Waals surface area contributed by atoms with Gasteiger partial charge in [-0.2, -0.15) is 18.4 Å². The van der Waals surface area contributed by atoms with E-state index in [0.717, 1.165) is 12.1 Å². The van der Waals surface area contributed by atoms with E-state index in [9.17, 15) is 28.1 Å². The highest BCUT2D eigenvalue weighted by Crippen LogP contribution is 2.37. The summed E-state index contributed by atoms with van der Waals surface area (Å²) in [6, 6.07) is 9.78. The lowest BCUT2D eigenvalue weighted by Crippen LogP contribution is -2.18. The molecule has 0 saturated carbocycles. The van der Waals surface area contributed by atoms with Crippen LogP contribution in [0, 0.1) is 21.4 Å². The number of nitriles is 1. The predicted molar refractivity (Wildman–Crippen MR) is 93.3 cm³/mol. The molecule has 1 amide bonds. The lowest BCUT2D eigenvalue weighted by molar-refractivity contribution is -0.385. The van der Waals surface area contributed by atoms with E-state index in [2.05, 4.69) is 0 Å². The maximum absolute atomic E-state index is 13.2. The van der Waals surface area contributed by atoms with Crippen molar-refractivity contribution in [1.29, 1.82) is 5.26 Å². The molecule has 0 radical (unpaired) electrons. The number of methoxy groups -OCH3 is 1. The third kappa shape index (κ3) is 4.85. The Balaban J connectivity index is 2.35. The molecule has 2 aromatic rings. The van der Waals surface area contributed by atoms with Crippen molar-refractivity contribution in [2.45, 2.75) is 6.18 Å². The number of nitro groups is 1. The second-order valence-corrected chi connectivity index (χ2v) is 5.38. The van der Waals surface area contributed by atoms with Crippen LogP contribution in [-0.4, -0.2) is 17.9 Å². The molecule has 7 nitrogen and oxygen atoms in total. The van der Waals surface area contributed by atoms with Gasteiger partial charge in [0, 0.05) is 12.1 Å². The summed E-state index contributed by atoms with van der Waals surface area (Å²) in [5, 5.41) is 21.9. The van der Waals surface area contributed by atoms with Gasteiger partial charge in [0.25, 0.3) is 11.6 Å². The van der Waals surface area contributed by atoms with E-state index in [4.69, 9.17) is 10.00 Å². The number of anilines is 1. The molecule has 0 unspecified atom stereocenters. The minimum atomic E-state index is -4.94. The van der Waals surface area contributed by atoms with Crippen molar-refractivity contribution in [2.24, 2.45) is 0 Å². The molecule has 1 N–H and O–H groups in total. The highest BCUT2D eigenvalue weighted by Gasteiger charge is 2.35. The predicted octanol–water partition coefficient (Wildman–Crippen LogP) is 4.17. The van der Waals surface area contributed by atoms with Crippen molar-refractivity contribution < 1.29 is 27.6 Å². The fourth-order valence-electron chi connectivity index (χ4n) is 2.19. The number of ether oxygens (including phenoxy) is 1. The van der Waals surface area contributed by atoms with E-state index in [-0.39, 0.29) is 0 Å². The molecule has 0 bridgehead atoms. The topological polar surface area (TPSA) is 105 Å². The molecule has 0 atom stereocenters. The Morgan fingerprint density at radius 3 is 2.39 bits per heavy atom. The number of nitro benzene ring substituents is 1. The van der Waals surface area contributed by atoms with Crippen LogP contribution in [0.5, 0.6) is 5.75 Å². The molecule has 2 aromatic carbocycles. The fraction of sp³-hybridized carbons (Fsp3) is 0.111. The summed E-state index contributed by atoms with van der Waals surface area (Å²) in [7, 11) is 1.46. The van der Waals surface area contributed by atoms with Crippen LogP contribution >= 0.6 is 0 Å². The zero-order valence-corrected chi connectivity index (χ0v) is 14.3. The monoisotopic (exact) mass is 391 g/mol. The number of alkyl halides is 3. The number of halogens is 3. The first kappa shape index (κ1) is 20.4. The highest BCUT2D eigenvalue weighted by molar-refractivity contribution is 6.10. The first-order valence-corrected chi connectivity index (χ1v) is 7.58.